The lowest BCUT2D eigenvalue weighted by molar-refractivity contribution is -0.144. The molecule has 19 heavy (non-hydrogen) atoms. The topological polar surface area (TPSA) is 53.9 Å². The van der Waals surface area contributed by atoms with Crippen molar-refractivity contribution in [1.82, 2.24) is 10.2 Å². The lowest BCUT2D eigenvalue weighted by atomic mass is 10.2. The number of guanidine groups is 1. The van der Waals surface area contributed by atoms with Gasteiger partial charge in [0.15, 0.2) is 5.96 Å². The smallest absolute Gasteiger partial charge is 0.310 e. The highest BCUT2D eigenvalue weighted by Crippen LogP contribution is 1.98. The fraction of sp³-hybridized carbons (Fsp3) is 0.692. The van der Waals surface area contributed by atoms with Gasteiger partial charge >= 0.3 is 5.97 Å². The van der Waals surface area contributed by atoms with E-state index in [9.17, 15) is 4.79 Å². The number of nitrogens with zero attached hydrogens (tertiary/aromatic N) is 2. The summed E-state index contributed by atoms with van der Waals surface area (Å²) in [6.45, 7) is 6.94. The molecule has 0 spiro atoms. The number of halogens is 1. The van der Waals surface area contributed by atoms with Crippen molar-refractivity contribution < 1.29 is 9.53 Å². The molecule has 0 aliphatic carbocycles. The van der Waals surface area contributed by atoms with Crippen LogP contribution in [-0.4, -0.2) is 51.1 Å². The van der Waals surface area contributed by atoms with Crippen molar-refractivity contribution in [3.8, 4) is 0 Å². The number of aliphatic imine (C=N–C) groups is 1. The summed E-state index contributed by atoms with van der Waals surface area (Å²) in [6.07, 6.45) is 3.93. The molecule has 112 valence electrons. The molecule has 0 aromatic carbocycles. The lowest BCUT2D eigenvalue weighted by Crippen LogP contribution is -2.42. The second-order valence-corrected chi connectivity index (χ2v) is 4.20. The quantitative estimate of drug-likeness (QED) is 0.182. The Bertz CT molecular complexity index is 296. The summed E-state index contributed by atoms with van der Waals surface area (Å²) < 4.78 is 4.67. The maximum absolute atomic E-state index is 11.3. The highest BCUT2D eigenvalue weighted by atomic mass is 127. The van der Waals surface area contributed by atoms with Gasteiger partial charge in [0.25, 0.3) is 0 Å². The Hall–Kier alpha value is -0.790. The summed E-state index contributed by atoms with van der Waals surface area (Å²) in [5.41, 5.74) is 0. The SMILES string of the molecule is C=CCCCN(C)C(=NC)NCC(C)C(=O)OC.I. The number of rotatable bonds is 7. The van der Waals surface area contributed by atoms with Crippen molar-refractivity contribution in [2.24, 2.45) is 10.9 Å². The van der Waals surface area contributed by atoms with Crippen LogP contribution in [0.25, 0.3) is 0 Å². The maximum atomic E-state index is 11.3. The van der Waals surface area contributed by atoms with E-state index in [0.29, 0.717) is 6.54 Å². The lowest BCUT2D eigenvalue weighted by Gasteiger charge is -2.22. The van der Waals surface area contributed by atoms with E-state index in [1.165, 1.54) is 7.11 Å². The molecule has 1 unspecified atom stereocenters. The normalized spacial score (nSPS) is 12.1. The first-order chi connectivity index (χ1) is 8.56. The molecule has 0 aliphatic rings. The molecule has 6 heteroatoms. The van der Waals surface area contributed by atoms with E-state index in [1.54, 1.807) is 7.05 Å². The molecule has 0 radical (unpaired) electrons. The Balaban J connectivity index is 0. The zero-order chi connectivity index (χ0) is 14.0. The summed E-state index contributed by atoms with van der Waals surface area (Å²) >= 11 is 0. The third-order valence-corrected chi connectivity index (χ3v) is 2.65. The molecule has 0 saturated carbocycles. The van der Waals surface area contributed by atoms with Crippen molar-refractivity contribution in [2.45, 2.75) is 19.8 Å². The van der Waals surface area contributed by atoms with Crippen molar-refractivity contribution in [1.29, 1.82) is 0 Å². The molecule has 1 atom stereocenters. The average Bonchev–Trinajstić information content (AvgIpc) is 2.38. The van der Waals surface area contributed by atoms with E-state index in [0.717, 1.165) is 25.3 Å². The van der Waals surface area contributed by atoms with Crippen molar-refractivity contribution in [2.75, 3.05) is 34.3 Å². The average molecular weight is 383 g/mol. The van der Waals surface area contributed by atoms with Crippen molar-refractivity contribution >= 4 is 35.9 Å². The van der Waals surface area contributed by atoms with Gasteiger partial charge < -0.3 is 15.0 Å². The second-order valence-electron chi connectivity index (χ2n) is 4.20. The summed E-state index contributed by atoms with van der Waals surface area (Å²) in [6, 6.07) is 0. The zero-order valence-corrected chi connectivity index (χ0v) is 14.6. The molecule has 0 aromatic heterocycles. The molecule has 0 aromatic rings. The van der Waals surface area contributed by atoms with Gasteiger partial charge in [0.1, 0.15) is 0 Å². The van der Waals surface area contributed by atoms with E-state index in [2.05, 4.69) is 21.6 Å². The number of esters is 1. The molecule has 0 heterocycles. The number of ether oxygens (including phenoxy) is 1. The van der Waals surface area contributed by atoms with Gasteiger partial charge in [-0.3, -0.25) is 9.79 Å². The van der Waals surface area contributed by atoms with Crippen LogP contribution < -0.4 is 5.32 Å². The number of hydrogen-bond donors (Lipinski definition) is 1. The fourth-order valence-corrected chi connectivity index (χ4v) is 1.49. The first-order valence-electron chi connectivity index (χ1n) is 6.17. The van der Waals surface area contributed by atoms with Gasteiger partial charge in [0.05, 0.1) is 13.0 Å². The Morgan fingerprint density at radius 1 is 1.58 bits per heavy atom. The van der Waals surface area contributed by atoms with E-state index in [-0.39, 0.29) is 35.9 Å². The van der Waals surface area contributed by atoms with Gasteiger partial charge in [-0.15, -0.1) is 30.6 Å². The largest absolute Gasteiger partial charge is 0.469 e. The van der Waals surface area contributed by atoms with Gasteiger partial charge in [0, 0.05) is 27.2 Å². The molecule has 1 N–H and O–H groups in total. The van der Waals surface area contributed by atoms with Crippen LogP contribution in [0.15, 0.2) is 17.6 Å². The van der Waals surface area contributed by atoms with Crippen molar-refractivity contribution in [3.63, 3.8) is 0 Å². The Kier molecular flexibility index (Phi) is 13.2. The van der Waals surface area contributed by atoms with Gasteiger partial charge in [0.2, 0.25) is 0 Å². The number of methoxy groups -OCH3 is 1. The van der Waals surface area contributed by atoms with E-state index in [4.69, 9.17) is 0 Å². The van der Waals surface area contributed by atoms with Crippen LogP contribution in [0.5, 0.6) is 0 Å². The van der Waals surface area contributed by atoms with Crippen LogP contribution >= 0.6 is 24.0 Å². The van der Waals surface area contributed by atoms with E-state index >= 15 is 0 Å². The predicted molar refractivity (Wildman–Crippen MR) is 90.0 cm³/mol. The van der Waals surface area contributed by atoms with E-state index < -0.39 is 0 Å². The number of allylic oxidation sites excluding steroid dienone is 1. The minimum atomic E-state index is -0.215. The highest BCUT2D eigenvalue weighted by molar-refractivity contribution is 14.0. The van der Waals surface area contributed by atoms with Gasteiger partial charge in [-0.1, -0.05) is 13.0 Å². The highest BCUT2D eigenvalue weighted by Gasteiger charge is 2.14. The summed E-state index contributed by atoms with van der Waals surface area (Å²) in [5, 5.41) is 3.16. The molecule has 5 nitrogen and oxygen atoms in total. The molecule has 0 fully saturated rings. The third-order valence-electron chi connectivity index (χ3n) is 2.65. The van der Waals surface area contributed by atoms with Crippen LogP contribution in [0, 0.1) is 5.92 Å². The van der Waals surface area contributed by atoms with Gasteiger partial charge in [-0.25, -0.2) is 0 Å². The second kappa shape index (κ2) is 12.3. The maximum Gasteiger partial charge on any atom is 0.310 e. The Labute approximate surface area is 133 Å². The van der Waals surface area contributed by atoms with Gasteiger partial charge in [-0.05, 0) is 12.8 Å². The number of hydrogen-bond acceptors (Lipinski definition) is 3. The number of nitrogens with one attached hydrogen (secondary N) is 1. The number of carbonyl (C=O) groups excluding carboxylic acids is 1. The molecule has 0 aliphatic heterocycles. The zero-order valence-electron chi connectivity index (χ0n) is 12.3. The Morgan fingerprint density at radius 2 is 2.21 bits per heavy atom. The van der Waals surface area contributed by atoms with Crippen LogP contribution in [0.3, 0.4) is 0 Å². The minimum Gasteiger partial charge on any atom is -0.469 e. The molecule has 0 bridgehead atoms. The van der Waals surface area contributed by atoms with E-state index in [1.807, 2.05) is 24.9 Å². The molecular formula is C13H26IN3O2. The summed E-state index contributed by atoms with van der Waals surface area (Å²) in [7, 11) is 5.10. The standard InChI is InChI=1S/C13H25N3O2.HI/c1-6-7-8-9-16(4)13(14-3)15-10-11(2)12(17)18-5;/h6,11H,1,7-10H2,2-5H3,(H,14,15);1H. The van der Waals surface area contributed by atoms with Gasteiger partial charge in [-0.2, -0.15) is 0 Å². The summed E-state index contributed by atoms with van der Waals surface area (Å²) in [5.74, 6) is 0.385. The fourth-order valence-electron chi connectivity index (χ4n) is 1.49. The van der Waals surface area contributed by atoms with Crippen LogP contribution in [-0.2, 0) is 9.53 Å². The van der Waals surface area contributed by atoms with Crippen LogP contribution in [0.2, 0.25) is 0 Å². The molecule has 0 rings (SSSR count). The number of carbonyl (C=O) groups is 1. The molecular weight excluding hydrogens is 357 g/mol. The molecule has 0 saturated heterocycles. The first-order valence-corrected chi connectivity index (χ1v) is 6.17. The van der Waals surface area contributed by atoms with Crippen LogP contribution in [0.1, 0.15) is 19.8 Å². The number of unbranched alkanes of at least 4 members (excludes halogenated alkanes) is 1. The monoisotopic (exact) mass is 383 g/mol. The first kappa shape index (κ1) is 20.5. The van der Waals surface area contributed by atoms with Crippen LogP contribution in [0.4, 0.5) is 0 Å². The van der Waals surface area contributed by atoms with Crippen molar-refractivity contribution in [3.05, 3.63) is 12.7 Å². The third kappa shape index (κ3) is 8.85. The molecule has 0 amide bonds. The minimum absolute atomic E-state index is 0. The Morgan fingerprint density at radius 3 is 2.68 bits per heavy atom. The predicted octanol–water partition coefficient (Wildman–Crippen LogP) is 1.89. The summed E-state index contributed by atoms with van der Waals surface area (Å²) in [4.78, 5) is 17.5.